The molecule has 5 heteroatoms. The Morgan fingerprint density at radius 3 is 2.55 bits per heavy atom. The number of carbonyl (C=O) groups excluding carboxylic acids is 2. The molecule has 2 unspecified atom stereocenters. The van der Waals surface area contributed by atoms with Crippen LogP contribution in [0, 0.1) is 11.8 Å². The molecule has 1 fully saturated rings. The molecule has 1 amide bonds. The molecule has 5 nitrogen and oxygen atoms in total. The fourth-order valence-electron chi connectivity index (χ4n) is 2.93. The van der Waals surface area contributed by atoms with E-state index < -0.39 is 5.97 Å². The quantitative estimate of drug-likeness (QED) is 0.801. The number of benzene rings is 1. The Kier molecular flexibility index (Phi) is 5.41. The summed E-state index contributed by atoms with van der Waals surface area (Å²) in [6, 6.07) is 6.66. The average molecular weight is 305 g/mol. The van der Waals surface area contributed by atoms with E-state index >= 15 is 0 Å². The van der Waals surface area contributed by atoms with Gasteiger partial charge in [-0.15, -0.1) is 0 Å². The van der Waals surface area contributed by atoms with E-state index in [-0.39, 0.29) is 12.5 Å². The Hall–Kier alpha value is -2.04. The molecule has 0 saturated carbocycles. The highest BCUT2D eigenvalue weighted by atomic mass is 16.5. The Balaban J connectivity index is 1.92. The van der Waals surface area contributed by atoms with E-state index in [1.54, 1.807) is 24.3 Å². The third-order valence-electron chi connectivity index (χ3n) is 3.84. The lowest BCUT2D eigenvalue weighted by molar-refractivity contribution is -0.136. The fraction of sp³-hybridized carbons (Fsp3) is 0.529. The molecule has 2 atom stereocenters. The zero-order valence-corrected chi connectivity index (χ0v) is 13.4. The van der Waals surface area contributed by atoms with Crippen molar-refractivity contribution in [2.24, 2.45) is 11.8 Å². The van der Waals surface area contributed by atoms with Gasteiger partial charge in [0.2, 0.25) is 0 Å². The number of methoxy groups -OCH3 is 1. The van der Waals surface area contributed by atoms with Crippen LogP contribution in [0.25, 0.3) is 0 Å². The summed E-state index contributed by atoms with van der Waals surface area (Å²) in [5, 5.41) is 0. The minimum atomic E-state index is -0.421. The molecule has 2 rings (SSSR count). The molecular weight excluding hydrogens is 282 g/mol. The highest BCUT2D eigenvalue weighted by molar-refractivity contribution is 5.89. The van der Waals surface area contributed by atoms with Gasteiger partial charge in [-0.3, -0.25) is 4.79 Å². The number of piperidine rings is 1. The molecule has 0 N–H and O–H groups in total. The number of rotatable bonds is 4. The van der Waals surface area contributed by atoms with Crippen LogP contribution in [0.2, 0.25) is 0 Å². The van der Waals surface area contributed by atoms with E-state index in [9.17, 15) is 9.59 Å². The smallest absolute Gasteiger partial charge is 0.337 e. The third-order valence-corrected chi connectivity index (χ3v) is 3.84. The van der Waals surface area contributed by atoms with Crippen LogP contribution >= 0.6 is 0 Å². The van der Waals surface area contributed by atoms with Gasteiger partial charge in [-0.05, 0) is 36.5 Å². The third kappa shape index (κ3) is 4.23. The second kappa shape index (κ2) is 7.29. The van der Waals surface area contributed by atoms with Gasteiger partial charge in [0.1, 0.15) is 5.75 Å². The molecular formula is C17H23NO4. The zero-order chi connectivity index (χ0) is 16.1. The lowest BCUT2D eigenvalue weighted by atomic mass is 9.92. The molecule has 120 valence electrons. The summed E-state index contributed by atoms with van der Waals surface area (Å²) in [6.45, 7) is 5.89. The maximum Gasteiger partial charge on any atom is 0.337 e. The standard InChI is InChI=1S/C17H23NO4/c1-12-7-13(2)10-18(9-12)16(19)11-22-15-6-4-5-14(8-15)17(20)21-3/h4-6,8,12-13H,7,9-11H2,1-3H3. The van der Waals surface area contributed by atoms with Gasteiger partial charge in [0, 0.05) is 13.1 Å². The van der Waals surface area contributed by atoms with Crippen molar-refractivity contribution in [2.45, 2.75) is 20.3 Å². The maximum atomic E-state index is 12.2. The van der Waals surface area contributed by atoms with Gasteiger partial charge in [-0.1, -0.05) is 19.9 Å². The fourth-order valence-corrected chi connectivity index (χ4v) is 2.93. The molecule has 0 bridgehead atoms. The highest BCUT2D eigenvalue weighted by Gasteiger charge is 2.25. The molecule has 1 aliphatic rings. The topological polar surface area (TPSA) is 55.8 Å². The first-order valence-corrected chi connectivity index (χ1v) is 7.58. The molecule has 0 aromatic heterocycles. The molecule has 0 spiro atoms. The average Bonchev–Trinajstić information content (AvgIpc) is 2.51. The predicted octanol–water partition coefficient (Wildman–Crippen LogP) is 2.36. The number of ether oxygens (including phenoxy) is 2. The van der Waals surface area contributed by atoms with E-state index in [1.807, 2.05) is 4.90 Å². The van der Waals surface area contributed by atoms with E-state index in [2.05, 4.69) is 18.6 Å². The second-order valence-electron chi connectivity index (χ2n) is 6.05. The van der Waals surface area contributed by atoms with Crippen molar-refractivity contribution in [3.05, 3.63) is 29.8 Å². The highest BCUT2D eigenvalue weighted by Crippen LogP contribution is 2.21. The molecule has 1 heterocycles. The largest absolute Gasteiger partial charge is 0.484 e. The number of carbonyl (C=O) groups is 2. The lowest BCUT2D eigenvalue weighted by Gasteiger charge is -2.34. The van der Waals surface area contributed by atoms with Crippen LogP contribution in [0.1, 0.15) is 30.6 Å². The van der Waals surface area contributed by atoms with Gasteiger partial charge in [0.05, 0.1) is 12.7 Å². The predicted molar refractivity (Wildman–Crippen MR) is 82.8 cm³/mol. The number of hydrogen-bond donors (Lipinski definition) is 0. The Morgan fingerprint density at radius 1 is 1.23 bits per heavy atom. The summed E-state index contributed by atoms with van der Waals surface area (Å²) in [5.41, 5.74) is 0.410. The molecule has 0 aliphatic carbocycles. The van der Waals surface area contributed by atoms with Crippen molar-refractivity contribution in [3.8, 4) is 5.75 Å². The molecule has 22 heavy (non-hydrogen) atoms. The molecule has 1 saturated heterocycles. The van der Waals surface area contributed by atoms with Gasteiger partial charge in [0.15, 0.2) is 6.61 Å². The van der Waals surface area contributed by atoms with Gasteiger partial charge < -0.3 is 14.4 Å². The molecule has 1 aromatic rings. The number of nitrogens with zero attached hydrogens (tertiary/aromatic N) is 1. The number of hydrogen-bond acceptors (Lipinski definition) is 4. The second-order valence-corrected chi connectivity index (χ2v) is 6.05. The summed E-state index contributed by atoms with van der Waals surface area (Å²) in [4.78, 5) is 25.6. The minimum absolute atomic E-state index is 0.00986. The summed E-state index contributed by atoms with van der Waals surface area (Å²) in [6.07, 6.45) is 1.16. The van der Waals surface area contributed by atoms with Crippen molar-refractivity contribution < 1.29 is 19.1 Å². The van der Waals surface area contributed by atoms with E-state index in [0.29, 0.717) is 23.1 Å². The van der Waals surface area contributed by atoms with Gasteiger partial charge in [-0.25, -0.2) is 4.79 Å². The van der Waals surface area contributed by atoms with Crippen LogP contribution in [-0.4, -0.2) is 43.6 Å². The van der Waals surface area contributed by atoms with Gasteiger partial charge in [0.25, 0.3) is 5.91 Å². The summed E-state index contributed by atoms with van der Waals surface area (Å²) < 4.78 is 10.2. The first-order valence-electron chi connectivity index (χ1n) is 7.58. The van der Waals surface area contributed by atoms with Crippen LogP contribution in [-0.2, 0) is 9.53 Å². The molecule has 0 radical (unpaired) electrons. The van der Waals surface area contributed by atoms with Crippen LogP contribution in [0.3, 0.4) is 0 Å². The van der Waals surface area contributed by atoms with E-state index in [0.717, 1.165) is 19.5 Å². The van der Waals surface area contributed by atoms with Crippen LogP contribution in [0.4, 0.5) is 0 Å². The Bertz CT molecular complexity index is 533. The summed E-state index contributed by atoms with van der Waals surface area (Å²) >= 11 is 0. The zero-order valence-electron chi connectivity index (χ0n) is 13.4. The van der Waals surface area contributed by atoms with Crippen molar-refractivity contribution in [1.82, 2.24) is 4.90 Å². The van der Waals surface area contributed by atoms with Crippen LogP contribution in [0.15, 0.2) is 24.3 Å². The van der Waals surface area contributed by atoms with Crippen LogP contribution < -0.4 is 4.74 Å². The van der Waals surface area contributed by atoms with E-state index in [4.69, 9.17) is 4.74 Å². The first kappa shape index (κ1) is 16.3. The first-order chi connectivity index (χ1) is 10.5. The normalized spacial score (nSPS) is 21.3. The molecule has 1 aliphatic heterocycles. The lowest BCUT2D eigenvalue weighted by Crippen LogP contribution is -2.44. The number of likely N-dealkylation sites (tertiary alicyclic amines) is 1. The maximum absolute atomic E-state index is 12.2. The van der Waals surface area contributed by atoms with E-state index in [1.165, 1.54) is 7.11 Å². The van der Waals surface area contributed by atoms with Crippen molar-refractivity contribution in [2.75, 3.05) is 26.8 Å². The molecule has 1 aromatic carbocycles. The SMILES string of the molecule is COC(=O)c1cccc(OCC(=O)N2CC(C)CC(C)C2)c1. The number of esters is 1. The Morgan fingerprint density at radius 2 is 1.91 bits per heavy atom. The van der Waals surface area contributed by atoms with Crippen molar-refractivity contribution in [1.29, 1.82) is 0 Å². The monoisotopic (exact) mass is 305 g/mol. The van der Waals surface area contributed by atoms with Gasteiger partial charge in [-0.2, -0.15) is 0 Å². The number of amides is 1. The van der Waals surface area contributed by atoms with Gasteiger partial charge >= 0.3 is 5.97 Å². The van der Waals surface area contributed by atoms with Crippen molar-refractivity contribution >= 4 is 11.9 Å². The van der Waals surface area contributed by atoms with Crippen molar-refractivity contribution in [3.63, 3.8) is 0 Å². The Labute approximate surface area is 131 Å². The summed E-state index contributed by atoms with van der Waals surface area (Å²) in [5.74, 6) is 1.11. The summed E-state index contributed by atoms with van der Waals surface area (Å²) in [7, 11) is 1.33. The van der Waals surface area contributed by atoms with Crippen LogP contribution in [0.5, 0.6) is 5.75 Å². The minimum Gasteiger partial charge on any atom is -0.484 e.